The molecule has 17 heavy (non-hydrogen) atoms. The van der Waals surface area contributed by atoms with Gasteiger partial charge in [-0.05, 0) is 24.3 Å². The van der Waals surface area contributed by atoms with Crippen LogP contribution in [0.4, 0.5) is 0 Å². The van der Waals surface area contributed by atoms with E-state index in [1.807, 2.05) is 0 Å². The molecular weight excluding hydrogens is 216 g/mol. The average Bonchev–Trinajstić information content (AvgIpc) is 2.38. The van der Waals surface area contributed by atoms with Gasteiger partial charge in [0.05, 0.1) is 0 Å². The quantitative estimate of drug-likeness (QED) is 0.824. The molecule has 0 atom stereocenters. The van der Waals surface area contributed by atoms with Crippen molar-refractivity contribution < 1.29 is 9.90 Å². The van der Waals surface area contributed by atoms with Crippen LogP contribution >= 0.6 is 0 Å². The second-order valence-corrected chi connectivity index (χ2v) is 3.53. The number of amides is 1. The fourth-order valence-corrected chi connectivity index (χ4v) is 1.57. The third-order valence-corrected chi connectivity index (χ3v) is 2.41. The number of benzene rings is 1. The number of hydrogen-bond acceptors (Lipinski definition) is 3. The summed E-state index contributed by atoms with van der Waals surface area (Å²) in [6.45, 7) is 0. The minimum Gasteiger partial charge on any atom is -0.506 e. The van der Waals surface area contributed by atoms with Crippen LogP contribution in [0.2, 0.25) is 0 Å². The van der Waals surface area contributed by atoms with Gasteiger partial charge in [0.15, 0.2) is 0 Å². The summed E-state index contributed by atoms with van der Waals surface area (Å²) in [5.74, 6) is -0.0659. The van der Waals surface area contributed by atoms with E-state index in [-0.39, 0.29) is 11.7 Å². The number of rotatable bonds is 2. The average molecular weight is 228 g/mol. The highest BCUT2D eigenvalue weighted by Gasteiger charge is 2.08. The monoisotopic (exact) mass is 228 g/mol. The van der Waals surface area contributed by atoms with Crippen LogP contribution in [0.5, 0.6) is 5.75 Å². The van der Waals surface area contributed by atoms with Crippen molar-refractivity contribution in [1.82, 2.24) is 10.3 Å². The lowest BCUT2D eigenvalue weighted by Gasteiger charge is -2.05. The van der Waals surface area contributed by atoms with E-state index < -0.39 is 0 Å². The predicted octanol–water partition coefficient (Wildman–Crippen LogP) is 1.81. The Hall–Kier alpha value is -2.36. The molecule has 0 unspecified atom stereocenters. The first kappa shape index (κ1) is 11.1. The lowest BCUT2D eigenvalue weighted by atomic mass is 10.1. The zero-order chi connectivity index (χ0) is 12.3. The number of aromatic hydroxyl groups is 1. The molecule has 4 nitrogen and oxygen atoms in total. The number of hydrogen-bond donors (Lipinski definition) is 2. The molecule has 2 aromatic rings. The molecule has 4 heteroatoms. The topological polar surface area (TPSA) is 62.2 Å². The number of nitrogens with one attached hydrogen (secondary N) is 1. The summed E-state index contributed by atoms with van der Waals surface area (Å²) in [6.07, 6.45) is 1.60. The van der Waals surface area contributed by atoms with E-state index in [1.54, 1.807) is 49.6 Å². The molecular formula is C13H12N2O2. The van der Waals surface area contributed by atoms with Crippen LogP contribution in [-0.4, -0.2) is 23.0 Å². The Kier molecular flexibility index (Phi) is 3.05. The normalized spacial score (nSPS) is 9.94. The first-order valence-electron chi connectivity index (χ1n) is 5.19. The molecule has 0 saturated heterocycles. The molecule has 2 N–H and O–H groups in total. The van der Waals surface area contributed by atoms with Gasteiger partial charge in [0.2, 0.25) is 0 Å². The van der Waals surface area contributed by atoms with Gasteiger partial charge >= 0.3 is 0 Å². The molecule has 1 aromatic carbocycles. The maximum Gasteiger partial charge on any atom is 0.251 e. The van der Waals surface area contributed by atoms with Crippen molar-refractivity contribution in [1.29, 1.82) is 0 Å². The van der Waals surface area contributed by atoms with Crippen molar-refractivity contribution in [3.8, 4) is 17.0 Å². The number of carbonyl (C=O) groups excluding carboxylic acids is 1. The molecule has 2 rings (SSSR count). The van der Waals surface area contributed by atoms with E-state index in [2.05, 4.69) is 10.3 Å². The van der Waals surface area contributed by atoms with Crippen LogP contribution in [-0.2, 0) is 0 Å². The molecule has 0 aliphatic heterocycles. The maximum atomic E-state index is 11.5. The molecule has 0 saturated carbocycles. The SMILES string of the molecule is CNC(=O)c1cccc(-c2ncccc2O)c1. The van der Waals surface area contributed by atoms with E-state index in [4.69, 9.17) is 0 Å². The van der Waals surface area contributed by atoms with Gasteiger partial charge in [-0.25, -0.2) is 0 Å². The van der Waals surface area contributed by atoms with E-state index in [9.17, 15) is 9.90 Å². The van der Waals surface area contributed by atoms with E-state index in [0.717, 1.165) is 0 Å². The summed E-state index contributed by atoms with van der Waals surface area (Å²) >= 11 is 0. The molecule has 0 aliphatic rings. The van der Waals surface area contributed by atoms with Crippen LogP contribution in [0.1, 0.15) is 10.4 Å². The predicted molar refractivity (Wildman–Crippen MR) is 64.7 cm³/mol. The summed E-state index contributed by atoms with van der Waals surface area (Å²) in [5, 5.41) is 12.2. The molecule has 1 aromatic heterocycles. The molecule has 0 fully saturated rings. The lowest BCUT2D eigenvalue weighted by Crippen LogP contribution is -2.17. The van der Waals surface area contributed by atoms with Gasteiger partial charge < -0.3 is 10.4 Å². The molecule has 1 amide bonds. The number of nitrogens with zero attached hydrogens (tertiary/aromatic N) is 1. The Morgan fingerprint density at radius 2 is 2.12 bits per heavy atom. The van der Waals surface area contributed by atoms with Gasteiger partial charge in [0, 0.05) is 24.4 Å². The largest absolute Gasteiger partial charge is 0.506 e. The molecule has 86 valence electrons. The van der Waals surface area contributed by atoms with Crippen LogP contribution < -0.4 is 5.32 Å². The first-order valence-corrected chi connectivity index (χ1v) is 5.19. The number of aromatic nitrogens is 1. The van der Waals surface area contributed by atoms with Crippen LogP contribution in [0.25, 0.3) is 11.3 Å². The fourth-order valence-electron chi connectivity index (χ4n) is 1.57. The van der Waals surface area contributed by atoms with Crippen LogP contribution in [0, 0.1) is 0 Å². The van der Waals surface area contributed by atoms with Crippen molar-refractivity contribution in [2.75, 3.05) is 7.05 Å². The van der Waals surface area contributed by atoms with Crippen LogP contribution in [0.15, 0.2) is 42.6 Å². The van der Waals surface area contributed by atoms with Crippen molar-refractivity contribution in [3.05, 3.63) is 48.2 Å². The smallest absolute Gasteiger partial charge is 0.251 e. The van der Waals surface area contributed by atoms with Gasteiger partial charge in [-0.1, -0.05) is 12.1 Å². The highest BCUT2D eigenvalue weighted by Crippen LogP contribution is 2.26. The van der Waals surface area contributed by atoms with Crippen LogP contribution in [0.3, 0.4) is 0 Å². The number of pyridine rings is 1. The Bertz CT molecular complexity index is 553. The summed E-state index contributed by atoms with van der Waals surface area (Å²) in [5.41, 5.74) is 1.72. The van der Waals surface area contributed by atoms with E-state index >= 15 is 0 Å². The molecule has 1 heterocycles. The molecule has 0 radical (unpaired) electrons. The zero-order valence-corrected chi connectivity index (χ0v) is 9.34. The summed E-state index contributed by atoms with van der Waals surface area (Å²) in [7, 11) is 1.58. The van der Waals surface area contributed by atoms with Gasteiger partial charge in [0.25, 0.3) is 5.91 Å². The summed E-state index contributed by atoms with van der Waals surface area (Å²) < 4.78 is 0. The standard InChI is InChI=1S/C13H12N2O2/c1-14-13(17)10-5-2-4-9(8-10)12-11(16)6-3-7-15-12/h2-8,16H,1H3,(H,14,17). The van der Waals surface area contributed by atoms with Gasteiger partial charge in [0.1, 0.15) is 11.4 Å². The minimum atomic E-state index is -0.165. The third kappa shape index (κ3) is 2.25. The Labute approximate surface area is 98.9 Å². The second kappa shape index (κ2) is 4.65. The Morgan fingerprint density at radius 3 is 2.82 bits per heavy atom. The zero-order valence-electron chi connectivity index (χ0n) is 9.34. The second-order valence-electron chi connectivity index (χ2n) is 3.53. The highest BCUT2D eigenvalue weighted by atomic mass is 16.3. The lowest BCUT2D eigenvalue weighted by molar-refractivity contribution is 0.0963. The number of carbonyl (C=O) groups is 1. The summed E-state index contributed by atoms with van der Waals surface area (Å²) in [6, 6.07) is 10.2. The Balaban J connectivity index is 2.47. The minimum absolute atomic E-state index is 0.0987. The van der Waals surface area contributed by atoms with Crippen molar-refractivity contribution >= 4 is 5.91 Å². The fraction of sp³-hybridized carbons (Fsp3) is 0.0769. The van der Waals surface area contributed by atoms with Gasteiger partial charge in [-0.3, -0.25) is 9.78 Å². The third-order valence-electron chi connectivity index (χ3n) is 2.41. The highest BCUT2D eigenvalue weighted by molar-refractivity contribution is 5.95. The van der Waals surface area contributed by atoms with Gasteiger partial charge in [-0.2, -0.15) is 0 Å². The molecule has 0 aliphatic carbocycles. The van der Waals surface area contributed by atoms with Gasteiger partial charge in [-0.15, -0.1) is 0 Å². The van der Waals surface area contributed by atoms with E-state index in [0.29, 0.717) is 16.8 Å². The van der Waals surface area contributed by atoms with Crippen molar-refractivity contribution in [2.45, 2.75) is 0 Å². The van der Waals surface area contributed by atoms with Crippen molar-refractivity contribution in [2.24, 2.45) is 0 Å². The van der Waals surface area contributed by atoms with Crippen molar-refractivity contribution in [3.63, 3.8) is 0 Å². The summed E-state index contributed by atoms with van der Waals surface area (Å²) in [4.78, 5) is 15.6. The molecule has 0 spiro atoms. The van der Waals surface area contributed by atoms with E-state index in [1.165, 1.54) is 0 Å². The molecule has 0 bridgehead atoms. The first-order chi connectivity index (χ1) is 8.22. The Morgan fingerprint density at radius 1 is 1.29 bits per heavy atom. The maximum absolute atomic E-state index is 11.5.